The number of hydrogen-bond donors (Lipinski definition) is 3. The third-order valence-electron chi connectivity index (χ3n) is 10.9. The first-order chi connectivity index (χ1) is 23.5. The Morgan fingerprint density at radius 3 is 2.29 bits per heavy atom. The second kappa shape index (κ2) is 15.0. The van der Waals surface area contributed by atoms with E-state index in [1.807, 2.05) is 42.7 Å². The molecule has 3 aromatic rings. The van der Waals surface area contributed by atoms with Crippen molar-refractivity contribution in [2.24, 2.45) is 22.4 Å². The first-order valence-corrected chi connectivity index (χ1v) is 18.6. The second-order valence-electron chi connectivity index (χ2n) is 15.4. The molecule has 9 nitrogen and oxygen atoms in total. The summed E-state index contributed by atoms with van der Waals surface area (Å²) in [5, 5.41) is 17.6. The largest absolute Gasteiger partial charge is 0.369 e. The molecule has 1 aromatic carbocycles. The van der Waals surface area contributed by atoms with Crippen molar-refractivity contribution < 1.29 is 14.7 Å². The number of carbonyl (C=O) groups is 2. The molecule has 6 rings (SSSR count). The molecule has 2 fully saturated rings. The Morgan fingerprint density at radius 2 is 1.69 bits per heavy atom. The lowest BCUT2D eigenvalue weighted by Gasteiger charge is -2.35. The number of rotatable bonds is 12. The van der Waals surface area contributed by atoms with Crippen LogP contribution in [0.3, 0.4) is 0 Å². The number of hydrogen-bond acceptors (Lipinski definition) is 8. The number of aliphatic hydroxyl groups excluding tert-OH is 1. The number of aromatic nitrogens is 2. The summed E-state index contributed by atoms with van der Waals surface area (Å²) in [6.07, 6.45) is 17.3. The fourth-order valence-electron chi connectivity index (χ4n) is 7.42. The van der Waals surface area contributed by atoms with Crippen molar-refractivity contribution in [3.05, 3.63) is 80.7 Å². The number of benzene rings is 1. The topological polar surface area (TPSA) is 134 Å². The molecule has 3 atom stereocenters. The van der Waals surface area contributed by atoms with Gasteiger partial charge in [-0.25, -0.2) is 9.97 Å². The van der Waals surface area contributed by atoms with E-state index in [0.717, 1.165) is 45.2 Å². The maximum absolute atomic E-state index is 13.2. The maximum Gasteiger partial charge on any atom is 0.262 e. The molecule has 0 radical (unpaired) electrons. The van der Waals surface area contributed by atoms with Gasteiger partial charge in [0, 0.05) is 47.8 Å². The average Bonchev–Trinajstić information content (AvgIpc) is 3.64. The minimum absolute atomic E-state index is 0.0119. The number of thiophene rings is 1. The summed E-state index contributed by atoms with van der Waals surface area (Å²) in [7, 11) is 0. The monoisotopic (exact) mass is 683 g/mol. The van der Waals surface area contributed by atoms with Gasteiger partial charge >= 0.3 is 0 Å². The van der Waals surface area contributed by atoms with Crippen molar-refractivity contribution in [3.63, 3.8) is 0 Å². The molecule has 2 unspecified atom stereocenters. The number of allylic oxidation sites excluding steroid dienone is 2. The van der Waals surface area contributed by atoms with E-state index in [9.17, 15) is 19.6 Å². The highest BCUT2D eigenvalue weighted by Gasteiger charge is 2.45. The molecule has 260 valence electrons. The average molecular weight is 684 g/mol. The van der Waals surface area contributed by atoms with Gasteiger partial charge in [-0.1, -0.05) is 51.1 Å². The quantitative estimate of drug-likeness (QED) is 0.169. The van der Waals surface area contributed by atoms with Gasteiger partial charge in [-0.05, 0) is 109 Å². The molecule has 1 spiro atoms. The van der Waals surface area contributed by atoms with Gasteiger partial charge in [-0.15, -0.1) is 16.2 Å². The van der Waals surface area contributed by atoms with Gasteiger partial charge < -0.3 is 15.7 Å². The van der Waals surface area contributed by atoms with Crippen LogP contribution in [0.15, 0.2) is 60.0 Å². The highest BCUT2D eigenvalue weighted by Crippen LogP contribution is 2.58. The van der Waals surface area contributed by atoms with Crippen molar-refractivity contribution in [2.45, 2.75) is 109 Å². The van der Waals surface area contributed by atoms with Crippen LogP contribution in [0.1, 0.15) is 111 Å². The molecule has 10 heteroatoms. The van der Waals surface area contributed by atoms with Crippen LogP contribution in [0.2, 0.25) is 0 Å². The van der Waals surface area contributed by atoms with Crippen molar-refractivity contribution in [2.75, 3.05) is 6.54 Å². The minimum atomic E-state index is -1.40. The molecule has 2 amide bonds. The SMILES string of the molecule is CC(C)(C)c1ccc(C(=O)N[C@@H](Cc2ccc(-c3ncc(C4=CCC(C5CCC6(CC5)CC6)CC4)cn3)cc2)C(=O)NCCC(O)N=O)s1. The summed E-state index contributed by atoms with van der Waals surface area (Å²) >= 11 is 1.41. The van der Waals surface area contributed by atoms with Crippen LogP contribution < -0.4 is 10.6 Å². The fourth-order valence-corrected chi connectivity index (χ4v) is 8.38. The number of carbonyl (C=O) groups excluding carboxylic acids is 2. The Labute approximate surface area is 293 Å². The summed E-state index contributed by atoms with van der Waals surface area (Å²) < 4.78 is 0. The van der Waals surface area contributed by atoms with Gasteiger partial charge in [0.15, 0.2) is 12.1 Å². The number of nitrogens with one attached hydrogen (secondary N) is 2. The molecule has 0 saturated heterocycles. The fraction of sp³-hybridized carbons (Fsp3) is 0.538. The van der Waals surface area contributed by atoms with E-state index in [2.05, 4.69) is 42.7 Å². The Bertz CT molecular complexity index is 1650. The van der Waals surface area contributed by atoms with Crippen molar-refractivity contribution in [3.8, 4) is 11.4 Å². The summed E-state index contributed by atoms with van der Waals surface area (Å²) in [6, 6.07) is 10.6. The third-order valence-corrected chi connectivity index (χ3v) is 12.4. The molecular formula is C39H49N5O4S. The van der Waals surface area contributed by atoms with E-state index < -0.39 is 18.2 Å². The number of aliphatic hydroxyl groups is 1. The van der Waals surface area contributed by atoms with E-state index in [1.54, 1.807) is 6.07 Å². The van der Waals surface area contributed by atoms with Crippen LogP contribution in [-0.4, -0.2) is 45.7 Å². The van der Waals surface area contributed by atoms with Gasteiger partial charge in [0.25, 0.3) is 5.91 Å². The van der Waals surface area contributed by atoms with Crippen LogP contribution in [0.5, 0.6) is 0 Å². The molecule has 3 N–H and O–H groups in total. The lowest BCUT2D eigenvalue weighted by molar-refractivity contribution is -0.123. The second-order valence-corrected chi connectivity index (χ2v) is 16.5. The molecular weight excluding hydrogens is 635 g/mol. The van der Waals surface area contributed by atoms with Gasteiger partial charge in [-0.3, -0.25) is 9.59 Å². The van der Waals surface area contributed by atoms with E-state index in [-0.39, 0.29) is 30.7 Å². The zero-order valence-corrected chi connectivity index (χ0v) is 29.7. The predicted octanol–water partition coefficient (Wildman–Crippen LogP) is 7.59. The van der Waals surface area contributed by atoms with Gasteiger partial charge in [0.1, 0.15) is 6.04 Å². The summed E-state index contributed by atoms with van der Waals surface area (Å²) in [6.45, 7) is 6.32. The zero-order chi connectivity index (χ0) is 34.6. The number of amides is 2. The van der Waals surface area contributed by atoms with Crippen LogP contribution in [0.25, 0.3) is 17.0 Å². The van der Waals surface area contributed by atoms with Crippen LogP contribution >= 0.6 is 11.3 Å². The molecule has 3 aliphatic rings. The molecule has 3 aliphatic carbocycles. The number of nitrogens with zero attached hydrogens (tertiary/aromatic N) is 3. The Hall–Kier alpha value is -3.76. The molecule has 0 aliphatic heterocycles. The third kappa shape index (κ3) is 8.89. The molecule has 49 heavy (non-hydrogen) atoms. The predicted molar refractivity (Wildman–Crippen MR) is 194 cm³/mol. The molecule has 2 aromatic heterocycles. The lowest BCUT2D eigenvalue weighted by atomic mass is 9.70. The summed E-state index contributed by atoms with van der Waals surface area (Å²) in [4.78, 5) is 47.9. The van der Waals surface area contributed by atoms with Crippen molar-refractivity contribution >= 4 is 28.7 Å². The van der Waals surface area contributed by atoms with Gasteiger partial charge in [-0.2, -0.15) is 0 Å². The van der Waals surface area contributed by atoms with Crippen LogP contribution in [0.4, 0.5) is 0 Å². The smallest absolute Gasteiger partial charge is 0.262 e. The standard InChI is InChI=1S/C39H49N5O4S/c1-38(2,3)33-13-12-32(49-33)37(47)43-31(36(46)40-21-16-34(45)44-48)22-25-4-6-29(7-5-25)35-41-23-30(24-42-35)27-10-8-26(9-11-27)28-14-17-39(18-15-28)19-20-39/h4-7,10,12-13,23-24,26,28,31,34,45H,8-9,11,14-22H2,1-3H3,(H,40,46)(H,43,47)/t26?,31-,34?/m0/s1. The minimum Gasteiger partial charge on any atom is -0.369 e. The zero-order valence-electron chi connectivity index (χ0n) is 28.9. The van der Waals surface area contributed by atoms with E-state index in [4.69, 9.17) is 9.97 Å². The first-order valence-electron chi connectivity index (χ1n) is 17.8. The van der Waals surface area contributed by atoms with E-state index in [1.165, 1.54) is 68.3 Å². The Morgan fingerprint density at radius 1 is 0.980 bits per heavy atom. The van der Waals surface area contributed by atoms with Crippen LogP contribution in [0, 0.1) is 22.2 Å². The molecule has 2 heterocycles. The van der Waals surface area contributed by atoms with Crippen LogP contribution in [-0.2, 0) is 16.6 Å². The highest BCUT2D eigenvalue weighted by molar-refractivity contribution is 7.14. The normalized spacial score (nSPS) is 20.2. The van der Waals surface area contributed by atoms with Crippen molar-refractivity contribution in [1.29, 1.82) is 0 Å². The lowest BCUT2D eigenvalue weighted by Crippen LogP contribution is -2.48. The summed E-state index contributed by atoms with van der Waals surface area (Å²) in [5.41, 5.74) is 4.83. The van der Waals surface area contributed by atoms with Crippen molar-refractivity contribution in [1.82, 2.24) is 20.6 Å². The number of nitroso groups, excluding NO2 is 1. The first kappa shape index (κ1) is 35.1. The Balaban J connectivity index is 1.07. The molecule has 2 saturated carbocycles. The molecule has 0 bridgehead atoms. The highest BCUT2D eigenvalue weighted by atomic mass is 32.1. The van der Waals surface area contributed by atoms with Gasteiger partial charge in [0.05, 0.1) is 4.88 Å². The maximum atomic E-state index is 13.2. The Kier molecular flexibility index (Phi) is 10.7. The van der Waals surface area contributed by atoms with E-state index >= 15 is 0 Å². The van der Waals surface area contributed by atoms with Gasteiger partial charge in [0.2, 0.25) is 5.91 Å². The van der Waals surface area contributed by atoms with E-state index in [0.29, 0.717) is 10.7 Å². The summed E-state index contributed by atoms with van der Waals surface area (Å²) in [5.74, 6) is 1.62.